The van der Waals surface area contributed by atoms with Gasteiger partial charge in [-0.25, -0.2) is 0 Å². The van der Waals surface area contributed by atoms with Crippen LogP contribution >= 0.6 is 11.8 Å². The van der Waals surface area contributed by atoms with Crippen LogP contribution in [0.25, 0.3) is 21.5 Å². The predicted octanol–water partition coefficient (Wildman–Crippen LogP) is 6.02. The lowest BCUT2D eigenvalue weighted by atomic mass is 10.0. The number of rotatable bonds is 7. The quantitative estimate of drug-likeness (QED) is 0.290. The second-order valence-electron chi connectivity index (χ2n) is 8.91. The first-order chi connectivity index (χ1) is 17.2. The number of fused-ring (bicyclic) bond motifs is 1. The van der Waals surface area contributed by atoms with Gasteiger partial charge in [0.15, 0.2) is 5.16 Å². The molecule has 1 N–H and O–H groups in total. The molecule has 6 rings (SSSR count). The van der Waals surface area contributed by atoms with Gasteiger partial charge in [-0.15, -0.1) is 10.2 Å². The average Bonchev–Trinajstić information content (AvgIpc) is 3.49. The van der Waals surface area contributed by atoms with Crippen LogP contribution in [0.4, 0.5) is 5.69 Å². The van der Waals surface area contributed by atoms with Crippen molar-refractivity contribution < 1.29 is 4.79 Å². The summed E-state index contributed by atoms with van der Waals surface area (Å²) in [5.74, 6) is 1.17. The van der Waals surface area contributed by atoms with E-state index in [9.17, 15) is 4.79 Å². The van der Waals surface area contributed by atoms with Crippen LogP contribution in [-0.4, -0.2) is 26.4 Å². The monoisotopic (exact) mass is 478 g/mol. The lowest BCUT2D eigenvalue weighted by Gasteiger charge is -2.11. The van der Waals surface area contributed by atoms with Gasteiger partial charge in [-0.2, -0.15) is 0 Å². The lowest BCUT2D eigenvalue weighted by Crippen LogP contribution is -2.15. The van der Waals surface area contributed by atoms with Crippen LogP contribution in [0.15, 0.2) is 78.0 Å². The fourth-order valence-electron chi connectivity index (χ4n) is 5.16. The highest BCUT2D eigenvalue weighted by Crippen LogP contribution is 2.35. The van der Waals surface area contributed by atoms with E-state index in [0.717, 1.165) is 41.4 Å². The van der Waals surface area contributed by atoms with Crippen molar-refractivity contribution >= 4 is 44.9 Å². The summed E-state index contributed by atoms with van der Waals surface area (Å²) in [7, 11) is 0. The molecule has 1 aromatic heterocycles. The Morgan fingerprint density at radius 3 is 2.57 bits per heavy atom. The van der Waals surface area contributed by atoms with E-state index in [1.54, 1.807) is 0 Å². The molecule has 35 heavy (non-hydrogen) atoms. The molecular weight excluding hydrogens is 452 g/mol. The van der Waals surface area contributed by atoms with Crippen LogP contribution in [0.2, 0.25) is 0 Å². The number of carbonyl (C=O) groups is 1. The summed E-state index contributed by atoms with van der Waals surface area (Å²) in [6.07, 6.45) is 2.86. The summed E-state index contributed by atoms with van der Waals surface area (Å²) in [5, 5.41) is 17.7. The first-order valence-corrected chi connectivity index (χ1v) is 13.0. The zero-order valence-electron chi connectivity index (χ0n) is 19.6. The van der Waals surface area contributed by atoms with Crippen LogP contribution in [0, 0.1) is 0 Å². The number of hydrogen-bond acceptors (Lipinski definition) is 4. The van der Waals surface area contributed by atoms with E-state index in [1.165, 1.54) is 44.6 Å². The summed E-state index contributed by atoms with van der Waals surface area (Å²) < 4.78 is 2.11. The van der Waals surface area contributed by atoms with Crippen molar-refractivity contribution in [2.45, 2.75) is 37.9 Å². The number of anilines is 1. The summed E-state index contributed by atoms with van der Waals surface area (Å²) in [6.45, 7) is 2.85. The molecule has 0 atom stereocenters. The average molecular weight is 479 g/mol. The largest absolute Gasteiger partial charge is 0.325 e. The van der Waals surface area contributed by atoms with Crippen LogP contribution < -0.4 is 5.32 Å². The van der Waals surface area contributed by atoms with Crippen molar-refractivity contribution in [3.05, 3.63) is 95.3 Å². The highest BCUT2D eigenvalue weighted by atomic mass is 32.2. The Bertz CT molecular complexity index is 1560. The maximum Gasteiger partial charge on any atom is 0.234 e. The molecule has 0 aliphatic heterocycles. The van der Waals surface area contributed by atoms with Crippen molar-refractivity contribution in [1.29, 1.82) is 0 Å². The third kappa shape index (κ3) is 4.08. The van der Waals surface area contributed by atoms with E-state index in [4.69, 9.17) is 0 Å². The molecule has 5 nitrogen and oxygen atoms in total. The van der Waals surface area contributed by atoms with Gasteiger partial charge in [-0.05, 0) is 58.7 Å². The molecule has 0 unspecified atom stereocenters. The van der Waals surface area contributed by atoms with Crippen molar-refractivity contribution in [1.82, 2.24) is 14.8 Å². The van der Waals surface area contributed by atoms with Crippen LogP contribution in [-0.2, 0) is 30.6 Å². The van der Waals surface area contributed by atoms with Gasteiger partial charge < -0.3 is 9.88 Å². The fourth-order valence-corrected chi connectivity index (χ4v) is 5.98. The number of nitrogens with zero attached hydrogens (tertiary/aromatic N) is 3. The number of thioether (sulfide) groups is 1. The summed E-state index contributed by atoms with van der Waals surface area (Å²) in [4.78, 5) is 12.9. The van der Waals surface area contributed by atoms with E-state index >= 15 is 0 Å². The smallest absolute Gasteiger partial charge is 0.234 e. The number of amides is 1. The van der Waals surface area contributed by atoms with Gasteiger partial charge in [-0.1, -0.05) is 78.5 Å². The molecule has 1 amide bonds. The number of carbonyl (C=O) groups excluding carboxylic acids is 1. The van der Waals surface area contributed by atoms with Gasteiger partial charge in [0, 0.05) is 24.0 Å². The summed E-state index contributed by atoms with van der Waals surface area (Å²) in [6, 6.07) is 25.3. The minimum absolute atomic E-state index is 0.0324. The standard InChI is InChI=1S/C29H26N4OS/c1-2-33-26(17-22-10-5-8-19-7-3-4-11-23(19)22)31-32-29(33)35-18-27(34)30-25-16-15-21-14-13-20-9-6-12-24(25)28(20)21/h3-12,15-16H,2,13-14,17-18H2,1H3,(H,30,34). The van der Waals surface area contributed by atoms with E-state index in [-0.39, 0.29) is 11.7 Å². The van der Waals surface area contributed by atoms with E-state index < -0.39 is 0 Å². The van der Waals surface area contributed by atoms with Gasteiger partial charge in [-0.3, -0.25) is 4.79 Å². The van der Waals surface area contributed by atoms with E-state index in [1.807, 2.05) is 6.07 Å². The van der Waals surface area contributed by atoms with Gasteiger partial charge in [0.1, 0.15) is 5.82 Å². The zero-order chi connectivity index (χ0) is 23.8. The summed E-state index contributed by atoms with van der Waals surface area (Å²) in [5.41, 5.74) is 4.86. The Kier molecular flexibility index (Phi) is 5.74. The van der Waals surface area contributed by atoms with Crippen LogP contribution in [0.1, 0.15) is 29.4 Å². The van der Waals surface area contributed by atoms with Crippen LogP contribution in [0.3, 0.4) is 0 Å². The zero-order valence-corrected chi connectivity index (χ0v) is 20.4. The highest BCUT2D eigenvalue weighted by Gasteiger charge is 2.18. The molecule has 174 valence electrons. The van der Waals surface area contributed by atoms with E-state index in [0.29, 0.717) is 6.42 Å². The van der Waals surface area contributed by atoms with Crippen LogP contribution in [0.5, 0.6) is 0 Å². The van der Waals surface area contributed by atoms with Crippen molar-refractivity contribution in [3.63, 3.8) is 0 Å². The minimum Gasteiger partial charge on any atom is -0.325 e. The minimum atomic E-state index is -0.0324. The Balaban J connectivity index is 1.18. The molecule has 1 aliphatic rings. The first kappa shape index (κ1) is 21.9. The van der Waals surface area contributed by atoms with Crippen molar-refractivity contribution in [2.24, 2.45) is 0 Å². The molecule has 6 heteroatoms. The Hall–Kier alpha value is -3.64. The summed E-state index contributed by atoms with van der Waals surface area (Å²) >= 11 is 1.44. The fraction of sp³-hybridized carbons (Fsp3) is 0.207. The normalized spacial score (nSPS) is 12.5. The molecule has 0 spiro atoms. The van der Waals surface area contributed by atoms with E-state index in [2.05, 4.69) is 93.7 Å². The van der Waals surface area contributed by atoms with Gasteiger partial charge in [0.2, 0.25) is 5.91 Å². The number of aromatic nitrogens is 3. The van der Waals surface area contributed by atoms with Crippen molar-refractivity contribution in [3.8, 4) is 0 Å². The van der Waals surface area contributed by atoms with Gasteiger partial charge >= 0.3 is 0 Å². The Morgan fingerprint density at radius 2 is 1.69 bits per heavy atom. The number of hydrogen-bond donors (Lipinski definition) is 1. The number of benzene rings is 4. The third-order valence-electron chi connectivity index (χ3n) is 6.82. The Morgan fingerprint density at radius 1 is 0.914 bits per heavy atom. The number of aryl methyl sites for hydroxylation is 2. The van der Waals surface area contributed by atoms with Crippen molar-refractivity contribution in [2.75, 3.05) is 11.1 Å². The molecule has 0 bridgehead atoms. The number of nitrogens with one attached hydrogen (secondary N) is 1. The molecule has 1 aliphatic carbocycles. The maximum absolute atomic E-state index is 12.9. The molecule has 4 aromatic carbocycles. The second kappa shape index (κ2) is 9.19. The van der Waals surface area contributed by atoms with Gasteiger partial charge in [0.25, 0.3) is 0 Å². The first-order valence-electron chi connectivity index (χ1n) is 12.1. The molecular formula is C29H26N4OS. The highest BCUT2D eigenvalue weighted by molar-refractivity contribution is 7.99. The molecule has 0 saturated carbocycles. The lowest BCUT2D eigenvalue weighted by molar-refractivity contribution is -0.113. The molecule has 0 saturated heterocycles. The Labute approximate surface area is 208 Å². The molecule has 0 fully saturated rings. The second-order valence-corrected chi connectivity index (χ2v) is 9.85. The van der Waals surface area contributed by atoms with Gasteiger partial charge in [0.05, 0.1) is 5.75 Å². The SMILES string of the molecule is CCn1c(Cc2cccc3ccccc23)nnc1SCC(=O)Nc1ccc2c3c(cccc13)CC2. The maximum atomic E-state index is 12.9. The molecule has 5 aromatic rings. The third-order valence-corrected chi connectivity index (χ3v) is 7.79. The molecule has 0 radical (unpaired) electrons. The topological polar surface area (TPSA) is 59.8 Å². The predicted molar refractivity (Wildman–Crippen MR) is 143 cm³/mol. The molecule has 1 heterocycles.